The van der Waals surface area contributed by atoms with E-state index in [1.807, 2.05) is 30.3 Å². The summed E-state index contributed by atoms with van der Waals surface area (Å²) in [6.07, 6.45) is -0.935. The van der Waals surface area contributed by atoms with Crippen molar-refractivity contribution in [2.45, 2.75) is 103 Å². The predicted octanol–water partition coefficient (Wildman–Crippen LogP) is 4.91. The Hall–Kier alpha value is -0.763. The zero-order valence-corrected chi connectivity index (χ0v) is 21.5. The van der Waals surface area contributed by atoms with E-state index in [2.05, 4.69) is 48.5 Å². The van der Waals surface area contributed by atoms with E-state index in [-0.39, 0.29) is 31.3 Å². The molecule has 5 nitrogen and oxygen atoms in total. The lowest BCUT2D eigenvalue weighted by atomic mass is 9.89. The molecule has 2 rings (SSSR count). The van der Waals surface area contributed by atoms with Gasteiger partial charge in [-0.15, -0.1) is 0 Å². The molecule has 1 aliphatic rings. The average Bonchev–Trinajstić information content (AvgIpc) is 2.72. The molecule has 0 aromatic heterocycles. The molecule has 2 N–H and O–H groups in total. The fourth-order valence-corrected chi connectivity index (χ4v) is 11.0. The van der Waals surface area contributed by atoms with Gasteiger partial charge in [-0.3, -0.25) is 0 Å². The van der Waals surface area contributed by atoms with Crippen LogP contribution in [0.5, 0.6) is 0 Å². The van der Waals surface area contributed by atoms with E-state index in [1.165, 1.54) is 0 Å². The maximum Gasteiger partial charge on any atom is 0.200 e. The van der Waals surface area contributed by atoms with Gasteiger partial charge in [0, 0.05) is 12.3 Å². The van der Waals surface area contributed by atoms with Crippen LogP contribution < -0.4 is 0 Å². The molecule has 1 aromatic rings. The second kappa shape index (κ2) is 11.9. The van der Waals surface area contributed by atoms with Crippen molar-refractivity contribution in [3.63, 3.8) is 0 Å². The highest BCUT2D eigenvalue weighted by Crippen LogP contribution is 2.45. The zero-order valence-electron chi connectivity index (χ0n) is 20.5. The monoisotopic (exact) mass is 452 g/mol. The smallest absolute Gasteiger partial charge is 0.200 e. The Kier molecular flexibility index (Phi) is 10.2. The maximum absolute atomic E-state index is 10.8. The summed E-state index contributed by atoms with van der Waals surface area (Å²) in [6, 6.07) is 9.93. The molecule has 1 saturated heterocycles. The van der Waals surface area contributed by atoms with Crippen LogP contribution in [0.25, 0.3) is 0 Å². The molecule has 5 atom stereocenters. The van der Waals surface area contributed by atoms with Gasteiger partial charge in [0.15, 0.2) is 0 Å². The molecule has 0 bridgehead atoms. The van der Waals surface area contributed by atoms with Crippen LogP contribution in [0.15, 0.2) is 30.3 Å². The molecule has 0 aliphatic carbocycles. The largest absolute Gasteiger partial charge is 0.413 e. The molecule has 1 fully saturated rings. The molecule has 0 spiro atoms. The highest BCUT2D eigenvalue weighted by Gasteiger charge is 2.49. The highest BCUT2D eigenvalue weighted by molar-refractivity contribution is 6.77. The summed E-state index contributed by atoms with van der Waals surface area (Å²) in [7, 11) is -2.08. The molecule has 1 heterocycles. The Morgan fingerprint density at radius 3 is 2.13 bits per heavy atom. The number of benzene rings is 1. The van der Waals surface area contributed by atoms with E-state index in [0.717, 1.165) is 5.56 Å². The van der Waals surface area contributed by atoms with Gasteiger partial charge in [-0.1, -0.05) is 78.8 Å². The number of hydrogen-bond acceptors (Lipinski definition) is 5. The van der Waals surface area contributed by atoms with Crippen molar-refractivity contribution in [2.24, 2.45) is 5.92 Å². The third kappa shape index (κ3) is 6.40. The zero-order chi connectivity index (χ0) is 23.2. The van der Waals surface area contributed by atoms with Crippen LogP contribution in [0.2, 0.25) is 16.6 Å². The number of rotatable bonds is 11. The van der Waals surface area contributed by atoms with E-state index in [1.54, 1.807) is 0 Å². The topological polar surface area (TPSA) is 68.2 Å². The van der Waals surface area contributed by atoms with Gasteiger partial charge in [-0.2, -0.15) is 0 Å². The number of aliphatic hydroxyl groups is 2. The Labute approximate surface area is 190 Å². The summed E-state index contributed by atoms with van der Waals surface area (Å²) in [5.74, 6) is 0.0711. The molecule has 0 radical (unpaired) electrons. The van der Waals surface area contributed by atoms with Gasteiger partial charge in [-0.05, 0) is 22.2 Å². The van der Waals surface area contributed by atoms with Gasteiger partial charge in [0.1, 0.15) is 6.10 Å². The standard InChI is InChI=1S/C25H44O5Si/c1-17(2)31(18(3)4,19(5)6)30-23-13-24(29-25(14-26)20(23)7)22(27)16-28-15-21-11-9-8-10-12-21/h8-12,17-20,22-27H,13-16H2,1-7H3/t20-,22+,23+,24-,25+/m1/s1. The first kappa shape index (κ1) is 26.5. The molecule has 1 aliphatic heterocycles. The summed E-state index contributed by atoms with van der Waals surface area (Å²) in [6.45, 7) is 16.4. The summed E-state index contributed by atoms with van der Waals surface area (Å²) in [5.41, 5.74) is 2.51. The van der Waals surface area contributed by atoms with Gasteiger partial charge >= 0.3 is 0 Å². The fraction of sp³-hybridized carbons (Fsp3) is 0.760. The first-order valence-corrected chi connectivity index (χ1v) is 14.0. The van der Waals surface area contributed by atoms with Crippen molar-refractivity contribution in [1.29, 1.82) is 0 Å². The fourth-order valence-electron chi connectivity index (χ4n) is 5.35. The molecule has 6 heteroatoms. The molecular weight excluding hydrogens is 408 g/mol. The van der Waals surface area contributed by atoms with Crippen LogP contribution in [0.1, 0.15) is 60.5 Å². The third-order valence-corrected chi connectivity index (χ3v) is 13.2. The Morgan fingerprint density at radius 1 is 1.03 bits per heavy atom. The van der Waals surface area contributed by atoms with Gasteiger partial charge in [0.25, 0.3) is 0 Å². The first-order valence-electron chi connectivity index (χ1n) is 11.9. The van der Waals surface area contributed by atoms with Crippen LogP contribution in [0.4, 0.5) is 0 Å². The Balaban J connectivity index is 2.09. The molecule has 0 amide bonds. The molecule has 31 heavy (non-hydrogen) atoms. The van der Waals surface area contributed by atoms with Crippen LogP contribution >= 0.6 is 0 Å². The van der Waals surface area contributed by atoms with E-state index in [9.17, 15) is 10.2 Å². The average molecular weight is 453 g/mol. The quantitative estimate of drug-likeness (QED) is 0.467. The summed E-state index contributed by atoms with van der Waals surface area (Å²) < 4.78 is 18.9. The van der Waals surface area contributed by atoms with Gasteiger partial charge in [0.2, 0.25) is 8.32 Å². The molecule has 0 saturated carbocycles. The van der Waals surface area contributed by atoms with Crippen LogP contribution in [0.3, 0.4) is 0 Å². The second-order valence-corrected chi connectivity index (χ2v) is 15.4. The first-order chi connectivity index (χ1) is 14.6. The minimum absolute atomic E-state index is 0.0430. The van der Waals surface area contributed by atoms with Crippen molar-refractivity contribution < 1.29 is 24.1 Å². The molecule has 1 aromatic carbocycles. The minimum atomic E-state index is -2.08. The van der Waals surface area contributed by atoms with Crippen molar-refractivity contribution >= 4 is 8.32 Å². The highest BCUT2D eigenvalue weighted by atomic mass is 28.4. The Morgan fingerprint density at radius 2 is 1.61 bits per heavy atom. The van der Waals surface area contributed by atoms with E-state index < -0.39 is 20.5 Å². The number of ether oxygens (including phenoxy) is 2. The number of hydrogen-bond donors (Lipinski definition) is 2. The van der Waals surface area contributed by atoms with E-state index >= 15 is 0 Å². The minimum Gasteiger partial charge on any atom is -0.413 e. The summed E-state index contributed by atoms with van der Waals surface area (Å²) in [4.78, 5) is 0. The second-order valence-electron chi connectivity index (χ2n) is 10.0. The van der Waals surface area contributed by atoms with Crippen LogP contribution in [-0.4, -0.2) is 56.2 Å². The molecule has 0 unspecified atom stereocenters. The predicted molar refractivity (Wildman–Crippen MR) is 128 cm³/mol. The molecular formula is C25H44O5Si. The maximum atomic E-state index is 10.8. The third-order valence-electron chi connectivity index (χ3n) is 7.06. The van der Waals surface area contributed by atoms with Crippen molar-refractivity contribution in [3.8, 4) is 0 Å². The number of aliphatic hydroxyl groups excluding tert-OH is 2. The lowest BCUT2D eigenvalue weighted by molar-refractivity contribution is -0.181. The SMILES string of the molecule is CC(C)[Si](O[C@H]1C[C@H]([C@@H](O)COCc2ccccc2)O[C@@H](CO)[C@@H]1C)(C(C)C)C(C)C. The van der Waals surface area contributed by atoms with Gasteiger partial charge in [-0.25, -0.2) is 0 Å². The molecule has 178 valence electrons. The van der Waals surface area contributed by atoms with E-state index in [4.69, 9.17) is 13.9 Å². The van der Waals surface area contributed by atoms with Gasteiger partial charge in [0.05, 0.1) is 38.1 Å². The lowest BCUT2D eigenvalue weighted by Gasteiger charge is -2.49. The Bertz CT molecular complexity index is 614. The lowest BCUT2D eigenvalue weighted by Crippen LogP contribution is -2.57. The van der Waals surface area contributed by atoms with E-state index in [0.29, 0.717) is 29.7 Å². The van der Waals surface area contributed by atoms with Crippen molar-refractivity contribution in [1.82, 2.24) is 0 Å². The summed E-state index contributed by atoms with van der Waals surface area (Å²) >= 11 is 0. The van der Waals surface area contributed by atoms with Crippen LogP contribution in [-0.2, 0) is 20.5 Å². The summed E-state index contributed by atoms with van der Waals surface area (Å²) in [5, 5.41) is 20.8. The van der Waals surface area contributed by atoms with Crippen LogP contribution in [0, 0.1) is 5.92 Å². The van der Waals surface area contributed by atoms with Crippen molar-refractivity contribution in [3.05, 3.63) is 35.9 Å². The normalized spacial score (nSPS) is 26.1. The van der Waals surface area contributed by atoms with Crippen molar-refractivity contribution in [2.75, 3.05) is 13.2 Å². The van der Waals surface area contributed by atoms with Gasteiger partial charge < -0.3 is 24.1 Å².